The van der Waals surface area contributed by atoms with Crippen LogP contribution >= 0.6 is 23.2 Å². The third-order valence-corrected chi connectivity index (χ3v) is 5.07. The summed E-state index contributed by atoms with van der Waals surface area (Å²) in [6.45, 7) is 1.62. The summed E-state index contributed by atoms with van der Waals surface area (Å²) in [4.78, 5) is 26.2. The van der Waals surface area contributed by atoms with Gasteiger partial charge >= 0.3 is 0 Å². The number of hydrogen-bond donors (Lipinski definition) is 2. The van der Waals surface area contributed by atoms with Crippen molar-refractivity contribution in [3.8, 4) is 17.3 Å². The number of pyridine rings is 1. The van der Waals surface area contributed by atoms with Crippen LogP contribution in [0.5, 0.6) is 5.75 Å². The third-order valence-electron chi connectivity index (χ3n) is 4.56. The standard InChI is InChI=1S/C19H16Cl2N4O2/c20-12-7-11(17(26)14(21)8-12)9-25-6-4-13-16(10-25)23-18(24-19(13)27)15-3-1-2-5-22-15/h1-3,5,7-8,26H,4,6,9-10H2,(H,23,24,27). The Bertz CT molecular complexity index is 1050. The molecule has 2 N–H and O–H groups in total. The van der Waals surface area contributed by atoms with E-state index in [0.717, 1.165) is 5.69 Å². The number of fused-ring (bicyclic) bond motifs is 1. The maximum absolute atomic E-state index is 12.4. The number of rotatable bonds is 3. The van der Waals surface area contributed by atoms with Crippen LogP contribution in [0.25, 0.3) is 11.5 Å². The van der Waals surface area contributed by atoms with Gasteiger partial charge in [0.25, 0.3) is 5.56 Å². The number of benzene rings is 1. The number of phenols is 1. The fourth-order valence-corrected chi connectivity index (χ4v) is 3.77. The Hall–Kier alpha value is -2.41. The number of halogens is 2. The predicted molar refractivity (Wildman–Crippen MR) is 104 cm³/mol. The number of aromatic amines is 1. The quantitative estimate of drug-likeness (QED) is 0.701. The number of H-pyrrole nitrogens is 1. The van der Waals surface area contributed by atoms with Gasteiger partial charge in [0.2, 0.25) is 0 Å². The Labute approximate surface area is 165 Å². The maximum Gasteiger partial charge on any atom is 0.254 e. The summed E-state index contributed by atoms with van der Waals surface area (Å²) < 4.78 is 0. The molecular weight excluding hydrogens is 387 g/mol. The fourth-order valence-electron chi connectivity index (χ4n) is 3.23. The van der Waals surface area contributed by atoms with Gasteiger partial charge in [0.1, 0.15) is 11.4 Å². The van der Waals surface area contributed by atoms with Crippen molar-refractivity contribution in [3.63, 3.8) is 0 Å². The fraction of sp³-hybridized carbons (Fsp3) is 0.211. The molecule has 0 amide bonds. The minimum absolute atomic E-state index is 0.0277. The Kier molecular flexibility index (Phi) is 4.86. The van der Waals surface area contributed by atoms with E-state index in [1.165, 1.54) is 6.07 Å². The lowest BCUT2D eigenvalue weighted by Crippen LogP contribution is -2.35. The van der Waals surface area contributed by atoms with Gasteiger partial charge in [-0.05, 0) is 30.7 Å². The van der Waals surface area contributed by atoms with Gasteiger partial charge in [0.05, 0.1) is 10.7 Å². The average Bonchev–Trinajstić information content (AvgIpc) is 2.66. The Morgan fingerprint density at radius 1 is 1.26 bits per heavy atom. The molecule has 1 aliphatic heterocycles. The van der Waals surface area contributed by atoms with Crippen LogP contribution in [0, 0.1) is 0 Å². The molecule has 6 nitrogen and oxygen atoms in total. The van der Waals surface area contributed by atoms with Crippen LogP contribution < -0.4 is 5.56 Å². The average molecular weight is 403 g/mol. The maximum atomic E-state index is 12.4. The van der Waals surface area contributed by atoms with Crippen LogP contribution in [0.4, 0.5) is 0 Å². The van der Waals surface area contributed by atoms with Crippen LogP contribution in [-0.2, 0) is 19.5 Å². The highest BCUT2D eigenvalue weighted by Gasteiger charge is 2.23. The highest BCUT2D eigenvalue weighted by atomic mass is 35.5. The molecule has 1 aromatic carbocycles. The highest BCUT2D eigenvalue weighted by molar-refractivity contribution is 6.35. The first-order valence-corrected chi connectivity index (χ1v) is 9.19. The molecule has 0 spiro atoms. The molecule has 27 heavy (non-hydrogen) atoms. The second-order valence-electron chi connectivity index (χ2n) is 6.41. The first-order chi connectivity index (χ1) is 13.0. The van der Waals surface area contributed by atoms with Gasteiger partial charge in [0.15, 0.2) is 5.82 Å². The largest absolute Gasteiger partial charge is 0.506 e. The van der Waals surface area contributed by atoms with E-state index in [2.05, 4.69) is 19.9 Å². The summed E-state index contributed by atoms with van der Waals surface area (Å²) >= 11 is 12.1. The lowest BCUT2D eigenvalue weighted by atomic mass is 10.0. The van der Waals surface area contributed by atoms with E-state index in [9.17, 15) is 9.90 Å². The van der Waals surface area contributed by atoms with Crippen molar-refractivity contribution in [2.24, 2.45) is 0 Å². The lowest BCUT2D eigenvalue weighted by Gasteiger charge is -2.28. The van der Waals surface area contributed by atoms with Crippen molar-refractivity contribution in [2.45, 2.75) is 19.5 Å². The lowest BCUT2D eigenvalue weighted by molar-refractivity contribution is 0.237. The molecule has 0 saturated heterocycles. The molecular formula is C19H16Cl2N4O2. The summed E-state index contributed by atoms with van der Waals surface area (Å²) in [5.74, 6) is 0.481. The first-order valence-electron chi connectivity index (χ1n) is 8.44. The van der Waals surface area contributed by atoms with E-state index < -0.39 is 0 Å². The van der Waals surface area contributed by atoms with Gasteiger partial charge in [-0.25, -0.2) is 4.98 Å². The van der Waals surface area contributed by atoms with E-state index in [1.54, 1.807) is 18.3 Å². The second-order valence-corrected chi connectivity index (χ2v) is 7.25. The molecule has 4 rings (SSSR count). The number of aromatic hydroxyl groups is 1. The summed E-state index contributed by atoms with van der Waals surface area (Å²) in [7, 11) is 0. The van der Waals surface area contributed by atoms with Gasteiger partial charge < -0.3 is 10.1 Å². The molecule has 0 fully saturated rings. The van der Waals surface area contributed by atoms with E-state index in [-0.39, 0.29) is 16.3 Å². The van der Waals surface area contributed by atoms with Gasteiger partial charge in [-0.15, -0.1) is 0 Å². The summed E-state index contributed by atoms with van der Waals surface area (Å²) in [5, 5.41) is 10.9. The zero-order valence-electron chi connectivity index (χ0n) is 14.2. The Morgan fingerprint density at radius 3 is 2.89 bits per heavy atom. The van der Waals surface area contributed by atoms with Crippen molar-refractivity contribution >= 4 is 23.2 Å². The second kappa shape index (κ2) is 7.31. The van der Waals surface area contributed by atoms with Crippen LogP contribution in [0.2, 0.25) is 10.0 Å². The number of hydrogen-bond acceptors (Lipinski definition) is 5. The molecule has 0 unspecified atom stereocenters. The van der Waals surface area contributed by atoms with E-state index in [4.69, 9.17) is 23.2 Å². The summed E-state index contributed by atoms with van der Waals surface area (Å²) in [6.07, 6.45) is 2.24. The summed E-state index contributed by atoms with van der Waals surface area (Å²) in [6, 6.07) is 8.66. The van der Waals surface area contributed by atoms with Crippen LogP contribution in [0.3, 0.4) is 0 Å². The predicted octanol–water partition coefficient (Wildman–Crippen LogP) is 3.40. The first kappa shape index (κ1) is 18.0. The van der Waals surface area contributed by atoms with Crippen LogP contribution in [0.1, 0.15) is 16.8 Å². The van der Waals surface area contributed by atoms with Crippen LogP contribution in [-0.4, -0.2) is 31.5 Å². The molecule has 3 heterocycles. The van der Waals surface area contributed by atoms with E-state index in [1.807, 2.05) is 12.1 Å². The molecule has 8 heteroatoms. The number of nitrogens with one attached hydrogen (secondary N) is 1. The van der Waals surface area contributed by atoms with Crippen molar-refractivity contribution in [2.75, 3.05) is 6.54 Å². The minimum atomic E-state index is -0.131. The monoisotopic (exact) mass is 402 g/mol. The highest BCUT2D eigenvalue weighted by Crippen LogP contribution is 2.32. The topological polar surface area (TPSA) is 82.1 Å². The van der Waals surface area contributed by atoms with E-state index >= 15 is 0 Å². The van der Waals surface area contributed by atoms with Crippen molar-refractivity contribution in [1.82, 2.24) is 19.9 Å². The van der Waals surface area contributed by atoms with Crippen LogP contribution in [0.15, 0.2) is 41.3 Å². The molecule has 1 aliphatic rings. The molecule has 0 radical (unpaired) electrons. The molecule has 0 saturated carbocycles. The minimum Gasteiger partial charge on any atom is -0.506 e. The zero-order chi connectivity index (χ0) is 19.0. The molecule has 0 aliphatic carbocycles. The van der Waals surface area contributed by atoms with Gasteiger partial charge in [-0.3, -0.25) is 14.7 Å². The Balaban J connectivity index is 1.63. The smallest absolute Gasteiger partial charge is 0.254 e. The van der Waals surface area contributed by atoms with E-state index in [0.29, 0.717) is 53.7 Å². The van der Waals surface area contributed by atoms with Crippen molar-refractivity contribution < 1.29 is 5.11 Å². The number of nitrogens with zero attached hydrogens (tertiary/aromatic N) is 3. The molecule has 0 bridgehead atoms. The molecule has 3 aromatic rings. The normalized spacial score (nSPS) is 14.1. The van der Waals surface area contributed by atoms with Crippen molar-refractivity contribution in [1.29, 1.82) is 0 Å². The third kappa shape index (κ3) is 3.69. The summed E-state index contributed by atoms with van der Waals surface area (Å²) in [5.41, 5.74) is 2.55. The van der Waals surface area contributed by atoms with Gasteiger partial charge in [-0.2, -0.15) is 0 Å². The number of phenolic OH excluding ortho intramolecular Hbond substituents is 1. The van der Waals surface area contributed by atoms with Crippen molar-refractivity contribution in [3.05, 3.63) is 73.7 Å². The van der Waals surface area contributed by atoms with Gasteiger partial charge in [0, 0.05) is 42.0 Å². The molecule has 2 aromatic heterocycles. The molecule has 0 atom stereocenters. The Morgan fingerprint density at radius 2 is 2.11 bits per heavy atom. The SMILES string of the molecule is O=c1[nH]c(-c2ccccn2)nc2c1CCN(Cc1cc(Cl)cc(Cl)c1O)C2. The zero-order valence-corrected chi connectivity index (χ0v) is 15.8. The molecule has 138 valence electrons. The van der Waals surface area contributed by atoms with Gasteiger partial charge in [-0.1, -0.05) is 29.3 Å². The number of aromatic nitrogens is 3.